The third kappa shape index (κ3) is 1.61. The number of nitrogen functional groups attached to an aromatic ring is 1. The minimum Gasteiger partial charge on any atom is -0.398 e. The second-order valence-electron chi connectivity index (χ2n) is 2.50. The summed E-state index contributed by atoms with van der Waals surface area (Å²) in [6.07, 6.45) is 4.36. The van der Waals surface area contributed by atoms with E-state index >= 15 is 0 Å². The second-order valence-corrected chi connectivity index (χ2v) is 2.50. The summed E-state index contributed by atoms with van der Waals surface area (Å²) < 4.78 is 0. The van der Waals surface area contributed by atoms with Crippen LogP contribution in [0.5, 0.6) is 0 Å². The van der Waals surface area contributed by atoms with E-state index in [2.05, 4.69) is 16.9 Å². The van der Waals surface area contributed by atoms with Gasteiger partial charge in [0.2, 0.25) is 0 Å². The number of anilines is 1. The predicted octanol–water partition coefficient (Wildman–Crippen LogP) is 1.27. The van der Waals surface area contributed by atoms with Gasteiger partial charge in [-0.3, -0.25) is 9.98 Å². The Morgan fingerprint density at radius 3 is 3.00 bits per heavy atom. The Morgan fingerprint density at radius 2 is 2.42 bits per heavy atom. The molecule has 3 nitrogen and oxygen atoms in total. The Morgan fingerprint density at radius 1 is 1.67 bits per heavy atom. The molecule has 0 saturated heterocycles. The van der Waals surface area contributed by atoms with E-state index in [1.165, 1.54) is 0 Å². The van der Waals surface area contributed by atoms with Crippen molar-refractivity contribution >= 4 is 11.9 Å². The van der Waals surface area contributed by atoms with E-state index in [0.717, 1.165) is 23.4 Å². The quantitative estimate of drug-likeness (QED) is 0.667. The van der Waals surface area contributed by atoms with Crippen molar-refractivity contribution in [3.63, 3.8) is 0 Å². The molecule has 0 bridgehead atoms. The molecule has 0 spiro atoms. The van der Waals surface area contributed by atoms with E-state index in [-0.39, 0.29) is 0 Å². The van der Waals surface area contributed by atoms with Gasteiger partial charge in [0, 0.05) is 30.7 Å². The maximum atomic E-state index is 5.75. The molecule has 0 amide bonds. The van der Waals surface area contributed by atoms with Gasteiger partial charge in [-0.2, -0.15) is 0 Å². The molecule has 0 aliphatic rings. The normalized spacial score (nSPS) is 10.8. The van der Waals surface area contributed by atoms with Gasteiger partial charge in [-0.05, 0) is 12.5 Å². The van der Waals surface area contributed by atoms with E-state index in [1.807, 2.05) is 0 Å². The predicted molar refractivity (Wildman–Crippen MR) is 51.5 cm³/mol. The van der Waals surface area contributed by atoms with E-state index < -0.39 is 0 Å². The fourth-order valence-corrected chi connectivity index (χ4v) is 1.09. The largest absolute Gasteiger partial charge is 0.398 e. The fourth-order valence-electron chi connectivity index (χ4n) is 1.09. The minimum atomic E-state index is 0.743. The van der Waals surface area contributed by atoms with Gasteiger partial charge in [0.15, 0.2) is 0 Å². The molecule has 64 valence electrons. The third-order valence-corrected chi connectivity index (χ3v) is 1.70. The zero-order valence-corrected chi connectivity index (χ0v) is 7.41. The molecule has 12 heavy (non-hydrogen) atoms. The van der Waals surface area contributed by atoms with Crippen LogP contribution in [-0.2, 0) is 6.42 Å². The van der Waals surface area contributed by atoms with Gasteiger partial charge in [-0.1, -0.05) is 6.92 Å². The summed E-state index contributed by atoms with van der Waals surface area (Å²) in [6.45, 7) is 2.05. The van der Waals surface area contributed by atoms with Gasteiger partial charge in [0.25, 0.3) is 0 Å². The molecule has 1 aromatic rings. The molecule has 1 heterocycles. The average molecular weight is 163 g/mol. The molecular formula is C9H13N3. The second kappa shape index (κ2) is 3.85. The van der Waals surface area contributed by atoms with Crippen LogP contribution >= 0.6 is 0 Å². The Labute approximate surface area is 72.3 Å². The standard InChI is InChI=1S/C9H13N3/c1-3-9-7(6-11-2)8(10)4-5-12-9/h4-6H,3H2,1-2H3,(H2,10,12). The Bertz CT molecular complexity index is 292. The van der Waals surface area contributed by atoms with Crippen LogP contribution in [0, 0.1) is 0 Å². The summed E-state index contributed by atoms with van der Waals surface area (Å²) >= 11 is 0. The van der Waals surface area contributed by atoms with Gasteiger partial charge >= 0.3 is 0 Å². The van der Waals surface area contributed by atoms with Crippen molar-refractivity contribution in [3.05, 3.63) is 23.5 Å². The van der Waals surface area contributed by atoms with Crippen LogP contribution in [-0.4, -0.2) is 18.2 Å². The Kier molecular flexibility index (Phi) is 2.80. The number of rotatable bonds is 2. The molecule has 3 heteroatoms. The third-order valence-electron chi connectivity index (χ3n) is 1.70. The monoisotopic (exact) mass is 163 g/mol. The lowest BCUT2D eigenvalue weighted by Crippen LogP contribution is -2.00. The van der Waals surface area contributed by atoms with Crippen molar-refractivity contribution in [1.82, 2.24) is 4.98 Å². The van der Waals surface area contributed by atoms with Crippen molar-refractivity contribution in [2.24, 2.45) is 4.99 Å². The van der Waals surface area contributed by atoms with Crippen molar-refractivity contribution in [1.29, 1.82) is 0 Å². The highest BCUT2D eigenvalue weighted by molar-refractivity contribution is 5.87. The number of aliphatic imine (C=N–C) groups is 1. The first-order valence-electron chi connectivity index (χ1n) is 3.95. The number of hydrogen-bond donors (Lipinski definition) is 1. The number of aromatic nitrogens is 1. The van der Waals surface area contributed by atoms with Crippen molar-refractivity contribution in [2.75, 3.05) is 12.8 Å². The lowest BCUT2D eigenvalue weighted by Gasteiger charge is -2.03. The van der Waals surface area contributed by atoms with Crippen LogP contribution in [0.3, 0.4) is 0 Å². The van der Waals surface area contributed by atoms with Crippen molar-refractivity contribution in [3.8, 4) is 0 Å². The van der Waals surface area contributed by atoms with Crippen LogP contribution in [0.2, 0.25) is 0 Å². The van der Waals surface area contributed by atoms with Crippen LogP contribution < -0.4 is 5.73 Å². The highest BCUT2D eigenvalue weighted by Crippen LogP contribution is 2.12. The maximum Gasteiger partial charge on any atom is 0.0509 e. The van der Waals surface area contributed by atoms with Crippen molar-refractivity contribution in [2.45, 2.75) is 13.3 Å². The summed E-state index contributed by atoms with van der Waals surface area (Å²) in [5.41, 5.74) is 8.44. The topological polar surface area (TPSA) is 51.3 Å². The first kappa shape index (κ1) is 8.71. The fraction of sp³-hybridized carbons (Fsp3) is 0.333. The van der Waals surface area contributed by atoms with Gasteiger partial charge < -0.3 is 5.73 Å². The van der Waals surface area contributed by atoms with Crippen molar-refractivity contribution < 1.29 is 0 Å². The molecular weight excluding hydrogens is 150 g/mol. The number of nitrogens with zero attached hydrogens (tertiary/aromatic N) is 2. The lowest BCUT2D eigenvalue weighted by molar-refractivity contribution is 1.03. The number of aryl methyl sites for hydroxylation is 1. The molecule has 1 aromatic heterocycles. The molecule has 0 fully saturated rings. The van der Waals surface area contributed by atoms with Gasteiger partial charge in [0.05, 0.1) is 5.69 Å². The van der Waals surface area contributed by atoms with Gasteiger partial charge in [-0.25, -0.2) is 0 Å². The Hall–Kier alpha value is -1.38. The molecule has 0 radical (unpaired) electrons. The van der Waals surface area contributed by atoms with E-state index in [9.17, 15) is 0 Å². The van der Waals surface area contributed by atoms with E-state index in [0.29, 0.717) is 0 Å². The molecule has 2 N–H and O–H groups in total. The molecule has 0 saturated carbocycles. The minimum absolute atomic E-state index is 0.743. The number of nitrogens with two attached hydrogens (primary N) is 1. The zero-order chi connectivity index (χ0) is 8.97. The van der Waals surface area contributed by atoms with Gasteiger partial charge in [-0.15, -0.1) is 0 Å². The van der Waals surface area contributed by atoms with E-state index in [1.54, 1.807) is 25.5 Å². The molecule has 0 aromatic carbocycles. The molecule has 0 aliphatic heterocycles. The first-order valence-corrected chi connectivity index (χ1v) is 3.95. The van der Waals surface area contributed by atoms with Gasteiger partial charge in [0.1, 0.15) is 0 Å². The average Bonchev–Trinajstić information content (AvgIpc) is 2.09. The number of hydrogen-bond acceptors (Lipinski definition) is 3. The lowest BCUT2D eigenvalue weighted by atomic mass is 10.1. The smallest absolute Gasteiger partial charge is 0.0509 e. The highest BCUT2D eigenvalue weighted by atomic mass is 14.7. The number of pyridine rings is 1. The van der Waals surface area contributed by atoms with Crippen LogP contribution in [0.25, 0.3) is 0 Å². The summed E-state index contributed by atoms with van der Waals surface area (Å²) in [5.74, 6) is 0. The van der Waals surface area contributed by atoms with Crippen LogP contribution in [0.15, 0.2) is 17.3 Å². The first-order chi connectivity index (χ1) is 5.79. The summed E-state index contributed by atoms with van der Waals surface area (Å²) in [6, 6.07) is 1.79. The van der Waals surface area contributed by atoms with Crippen LogP contribution in [0.1, 0.15) is 18.2 Å². The summed E-state index contributed by atoms with van der Waals surface area (Å²) in [5, 5.41) is 0. The summed E-state index contributed by atoms with van der Waals surface area (Å²) in [7, 11) is 1.73. The maximum absolute atomic E-state index is 5.75. The molecule has 0 atom stereocenters. The molecule has 0 unspecified atom stereocenters. The Balaban J connectivity index is 3.19. The molecule has 1 rings (SSSR count). The SMILES string of the molecule is CCc1nccc(N)c1C=NC. The highest BCUT2D eigenvalue weighted by Gasteiger charge is 2.01. The zero-order valence-electron chi connectivity index (χ0n) is 7.41. The van der Waals surface area contributed by atoms with E-state index in [4.69, 9.17) is 5.73 Å². The van der Waals surface area contributed by atoms with Crippen LogP contribution in [0.4, 0.5) is 5.69 Å². The summed E-state index contributed by atoms with van der Waals surface area (Å²) in [4.78, 5) is 8.14. The molecule has 0 aliphatic carbocycles.